The molecule has 160 valence electrons. The SMILES string of the molecule is C=C(C)CC[C@@H](C)N1CCC(Oc2cc(OC)ccc2C(=O)N2CCCC2)CC1. The van der Waals surface area contributed by atoms with Gasteiger partial charge in [0.25, 0.3) is 5.91 Å². The first kappa shape index (κ1) is 21.7. The summed E-state index contributed by atoms with van der Waals surface area (Å²) in [4.78, 5) is 17.4. The van der Waals surface area contributed by atoms with Crippen molar-refractivity contribution in [1.29, 1.82) is 0 Å². The van der Waals surface area contributed by atoms with Crippen LogP contribution < -0.4 is 9.47 Å². The summed E-state index contributed by atoms with van der Waals surface area (Å²) in [5.74, 6) is 1.46. The van der Waals surface area contributed by atoms with Gasteiger partial charge in [0, 0.05) is 38.3 Å². The first-order valence-corrected chi connectivity index (χ1v) is 11.0. The molecule has 0 unspecified atom stereocenters. The van der Waals surface area contributed by atoms with Crippen molar-refractivity contribution in [3.8, 4) is 11.5 Å². The van der Waals surface area contributed by atoms with Gasteiger partial charge in [-0.1, -0.05) is 5.57 Å². The monoisotopic (exact) mass is 400 g/mol. The van der Waals surface area contributed by atoms with Gasteiger partial charge < -0.3 is 19.3 Å². The standard InChI is InChI=1S/C24H36N2O3/c1-18(2)7-8-19(3)25-15-11-20(12-16-25)29-23-17-21(28-4)9-10-22(23)24(27)26-13-5-6-14-26/h9-10,17,19-20H,1,5-8,11-16H2,2-4H3/t19-/m1/s1. The van der Waals surface area contributed by atoms with Crippen LogP contribution in [0, 0.1) is 0 Å². The van der Waals surface area contributed by atoms with Crippen molar-refractivity contribution in [2.45, 2.75) is 64.5 Å². The molecule has 2 heterocycles. The van der Waals surface area contributed by atoms with E-state index in [0.717, 1.165) is 70.5 Å². The molecule has 5 nitrogen and oxygen atoms in total. The maximum absolute atomic E-state index is 13.0. The fourth-order valence-corrected chi connectivity index (χ4v) is 4.25. The number of piperidine rings is 1. The third-order valence-corrected chi connectivity index (χ3v) is 6.19. The third-order valence-electron chi connectivity index (χ3n) is 6.19. The summed E-state index contributed by atoms with van der Waals surface area (Å²) in [5.41, 5.74) is 1.91. The number of ether oxygens (including phenoxy) is 2. The van der Waals surface area contributed by atoms with E-state index >= 15 is 0 Å². The second-order valence-electron chi connectivity index (χ2n) is 8.56. The molecule has 0 spiro atoms. The van der Waals surface area contributed by atoms with Crippen LogP contribution in [0.1, 0.15) is 62.7 Å². The lowest BCUT2D eigenvalue weighted by atomic mass is 10.0. The number of likely N-dealkylation sites (tertiary alicyclic amines) is 2. The molecule has 2 saturated heterocycles. The molecular formula is C24H36N2O3. The maximum atomic E-state index is 13.0. The number of benzene rings is 1. The van der Waals surface area contributed by atoms with Gasteiger partial charge in [0.1, 0.15) is 17.6 Å². The Hall–Kier alpha value is -2.01. The fraction of sp³-hybridized carbons (Fsp3) is 0.625. The summed E-state index contributed by atoms with van der Waals surface area (Å²) < 4.78 is 11.7. The van der Waals surface area contributed by atoms with E-state index < -0.39 is 0 Å². The normalized spacial score (nSPS) is 19.2. The van der Waals surface area contributed by atoms with Crippen molar-refractivity contribution in [2.24, 2.45) is 0 Å². The maximum Gasteiger partial charge on any atom is 0.257 e. The van der Waals surface area contributed by atoms with Crippen LogP contribution in [0.25, 0.3) is 0 Å². The topological polar surface area (TPSA) is 42.0 Å². The number of rotatable bonds is 8. The van der Waals surface area contributed by atoms with Crippen LogP contribution in [0.4, 0.5) is 0 Å². The van der Waals surface area contributed by atoms with E-state index in [-0.39, 0.29) is 12.0 Å². The highest BCUT2D eigenvalue weighted by Gasteiger charge is 2.27. The predicted octanol–water partition coefficient (Wildman–Crippen LogP) is 4.52. The van der Waals surface area contributed by atoms with Crippen molar-refractivity contribution in [2.75, 3.05) is 33.3 Å². The first-order chi connectivity index (χ1) is 14.0. The summed E-state index contributed by atoms with van der Waals surface area (Å²) >= 11 is 0. The molecule has 5 heteroatoms. The minimum Gasteiger partial charge on any atom is -0.497 e. The summed E-state index contributed by atoms with van der Waals surface area (Å²) in [6.07, 6.45) is 6.50. The van der Waals surface area contributed by atoms with Crippen molar-refractivity contribution in [3.63, 3.8) is 0 Å². The van der Waals surface area contributed by atoms with Crippen molar-refractivity contribution < 1.29 is 14.3 Å². The molecule has 0 N–H and O–H groups in total. The lowest BCUT2D eigenvalue weighted by Crippen LogP contribution is -2.43. The van der Waals surface area contributed by atoms with E-state index in [1.165, 1.54) is 5.57 Å². The molecule has 2 fully saturated rings. The van der Waals surface area contributed by atoms with E-state index in [2.05, 4.69) is 25.3 Å². The van der Waals surface area contributed by atoms with Gasteiger partial charge in [0.15, 0.2) is 0 Å². The van der Waals surface area contributed by atoms with E-state index in [9.17, 15) is 4.79 Å². The molecule has 1 aromatic rings. The third kappa shape index (κ3) is 5.75. The molecule has 0 aliphatic carbocycles. The molecule has 0 radical (unpaired) electrons. The Bertz CT molecular complexity index is 704. The van der Waals surface area contributed by atoms with Gasteiger partial charge in [-0.3, -0.25) is 4.79 Å². The van der Waals surface area contributed by atoms with Crippen molar-refractivity contribution in [3.05, 3.63) is 35.9 Å². The highest BCUT2D eigenvalue weighted by atomic mass is 16.5. The quantitative estimate of drug-likeness (QED) is 0.602. The van der Waals surface area contributed by atoms with E-state index in [0.29, 0.717) is 17.4 Å². The molecular weight excluding hydrogens is 364 g/mol. The Labute approximate surface area is 175 Å². The Morgan fingerprint density at radius 1 is 1.21 bits per heavy atom. The molecule has 2 aliphatic heterocycles. The number of nitrogens with zero attached hydrogens (tertiary/aromatic N) is 2. The van der Waals surface area contributed by atoms with Gasteiger partial charge in [-0.25, -0.2) is 0 Å². The van der Waals surface area contributed by atoms with Crippen molar-refractivity contribution in [1.82, 2.24) is 9.80 Å². The van der Waals surface area contributed by atoms with Gasteiger partial charge in [-0.2, -0.15) is 0 Å². The fourth-order valence-electron chi connectivity index (χ4n) is 4.25. The number of amides is 1. The summed E-state index contributed by atoms with van der Waals surface area (Å²) in [7, 11) is 1.64. The Balaban J connectivity index is 1.62. The van der Waals surface area contributed by atoms with Crippen LogP contribution in [-0.2, 0) is 0 Å². The molecule has 2 aliphatic rings. The Kier molecular flexibility index (Phi) is 7.59. The molecule has 0 saturated carbocycles. The molecule has 1 amide bonds. The Morgan fingerprint density at radius 3 is 2.52 bits per heavy atom. The van der Waals surface area contributed by atoms with Crippen LogP contribution in [0.5, 0.6) is 11.5 Å². The average Bonchev–Trinajstić information content (AvgIpc) is 3.27. The van der Waals surface area contributed by atoms with Crippen LogP contribution in [0.2, 0.25) is 0 Å². The predicted molar refractivity (Wildman–Crippen MR) is 117 cm³/mol. The van der Waals surface area contributed by atoms with E-state index in [1.54, 1.807) is 7.11 Å². The highest BCUT2D eigenvalue weighted by molar-refractivity contribution is 5.97. The molecule has 1 atom stereocenters. The largest absolute Gasteiger partial charge is 0.497 e. The van der Waals surface area contributed by atoms with Gasteiger partial charge in [-0.15, -0.1) is 6.58 Å². The molecule has 29 heavy (non-hydrogen) atoms. The first-order valence-electron chi connectivity index (χ1n) is 11.0. The van der Waals surface area contributed by atoms with Gasteiger partial charge in [-0.05, 0) is 64.5 Å². The van der Waals surface area contributed by atoms with Gasteiger partial charge in [0.2, 0.25) is 0 Å². The van der Waals surface area contributed by atoms with E-state index in [1.807, 2.05) is 23.1 Å². The number of carbonyl (C=O) groups excluding carboxylic acids is 1. The molecule has 0 bridgehead atoms. The van der Waals surface area contributed by atoms with Gasteiger partial charge >= 0.3 is 0 Å². The zero-order valence-electron chi connectivity index (χ0n) is 18.3. The van der Waals surface area contributed by atoms with Crippen LogP contribution >= 0.6 is 0 Å². The zero-order valence-corrected chi connectivity index (χ0v) is 18.3. The zero-order chi connectivity index (χ0) is 20.8. The number of methoxy groups -OCH3 is 1. The van der Waals surface area contributed by atoms with Gasteiger partial charge in [0.05, 0.1) is 12.7 Å². The minimum atomic E-state index is 0.0750. The second-order valence-corrected chi connectivity index (χ2v) is 8.56. The van der Waals surface area contributed by atoms with Crippen molar-refractivity contribution >= 4 is 5.91 Å². The Morgan fingerprint density at radius 2 is 1.90 bits per heavy atom. The van der Waals surface area contributed by atoms with Crippen LogP contribution in [0.15, 0.2) is 30.4 Å². The van der Waals surface area contributed by atoms with Crippen LogP contribution in [0.3, 0.4) is 0 Å². The summed E-state index contributed by atoms with van der Waals surface area (Å²) in [6.45, 7) is 12.2. The minimum absolute atomic E-state index is 0.0750. The molecule has 1 aromatic carbocycles. The molecule has 3 rings (SSSR count). The van der Waals surface area contributed by atoms with Crippen LogP contribution in [-0.4, -0.2) is 61.1 Å². The van der Waals surface area contributed by atoms with E-state index in [4.69, 9.17) is 9.47 Å². The smallest absolute Gasteiger partial charge is 0.257 e. The summed E-state index contributed by atoms with van der Waals surface area (Å²) in [5, 5.41) is 0. The average molecular weight is 401 g/mol. The lowest BCUT2D eigenvalue weighted by Gasteiger charge is -2.36. The molecule has 0 aromatic heterocycles. The number of hydrogen-bond donors (Lipinski definition) is 0. The summed E-state index contributed by atoms with van der Waals surface area (Å²) in [6, 6.07) is 6.13. The highest BCUT2D eigenvalue weighted by Crippen LogP contribution is 2.30. The second kappa shape index (κ2) is 10.1. The number of allylic oxidation sites excluding steroid dienone is 1. The lowest BCUT2D eigenvalue weighted by molar-refractivity contribution is 0.0717. The number of carbonyl (C=O) groups is 1. The number of hydrogen-bond acceptors (Lipinski definition) is 4.